The molecular formula is C29H38N6O3S. The molecule has 1 aromatic heterocycles. The van der Waals surface area contributed by atoms with E-state index in [0.717, 1.165) is 24.0 Å². The fourth-order valence-corrected chi connectivity index (χ4v) is 4.72. The summed E-state index contributed by atoms with van der Waals surface area (Å²) >= 11 is 1.40. The van der Waals surface area contributed by atoms with E-state index in [-0.39, 0.29) is 6.54 Å². The van der Waals surface area contributed by atoms with Gasteiger partial charge in [-0.1, -0.05) is 44.5 Å². The molecule has 9 nitrogen and oxygen atoms in total. The van der Waals surface area contributed by atoms with Crippen LogP contribution in [0.25, 0.3) is 0 Å². The Balaban J connectivity index is 2.29. The van der Waals surface area contributed by atoms with Crippen molar-refractivity contribution in [3.8, 4) is 12.1 Å². The van der Waals surface area contributed by atoms with Crippen LogP contribution in [0.2, 0.25) is 0 Å². The normalized spacial score (nSPS) is 11.7. The number of thioether (sulfide) groups is 1. The third-order valence-electron chi connectivity index (χ3n) is 6.04. The molecule has 1 atom stereocenters. The number of alkyl carbamates (subject to hydrolysis) is 1. The fraction of sp³-hybridized carbons (Fsp3) is 0.483. The van der Waals surface area contributed by atoms with Gasteiger partial charge in [0.15, 0.2) is 0 Å². The highest BCUT2D eigenvalue weighted by Crippen LogP contribution is 2.34. The average molecular weight is 551 g/mol. The molecule has 0 spiro atoms. The zero-order valence-electron chi connectivity index (χ0n) is 23.6. The zero-order valence-corrected chi connectivity index (χ0v) is 24.4. The number of nitrogens with one attached hydrogen (secondary N) is 1. The number of hydrogen-bond donors (Lipinski definition) is 2. The standard InChI is InChI=1S/C29H38N6O3S/c1-7-19(2)8-13-22-23(14-30)26(35(6)17-25(32)36)34-27(24(22)15-31)39-18-21-11-9-20(10-12-21)16-33-28(37)38-29(3,4)5/h9-12,19H,7-8,13,16-18H2,1-6H3,(H2,32,36)(H,33,37)/t19-/m0/s1. The molecule has 0 radical (unpaired) electrons. The molecule has 0 fully saturated rings. The average Bonchev–Trinajstić information content (AvgIpc) is 2.87. The highest BCUT2D eigenvalue weighted by atomic mass is 32.2. The third kappa shape index (κ3) is 9.81. The maximum atomic E-state index is 11.9. The van der Waals surface area contributed by atoms with E-state index in [9.17, 15) is 20.1 Å². The first kappa shape index (κ1) is 31.5. The van der Waals surface area contributed by atoms with Crippen LogP contribution in [-0.4, -0.2) is 36.2 Å². The summed E-state index contributed by atoms with van der Waals surface area (Å²) in [7, 11) is 1.66. The Labute approximate surface area is 235 Å². The summed E-state index contributed by atoms with van der Waals surface area (Å²) in [6, 6.07) is 12.3. The number of anilines is 1. The number of carbonyl (C=O) groups excluding carboxylic acids is 2. The first-order chi connectivity index (χ1) is 18.4. The second-order valence-corrected chi connectivity index (χ2v) is 11.5. The van der Waals surface area contributed by atoms with Gasteiger partial charge in [0.05, 0.1) is 17.7 Å². The lowest BCUT2D eigenvalue weighted by Crippen LogP contribution is -2.32. The molecule has 2 rings (SSSR count). The van der Waals surface area contributed by atoms with Crippen LogP contribution in [0.1, 0.15) is 75.3 Å². The van der Waals surface area contributed by atoms with Gasteiger partial charge in [-0.25, -0.2) is 9.78 Å². The van der Waals surface area contributed by atoms with Crippen LogP contribution in [0.3, 0.4) is 0 Å². The molecule has 0 saturated carbocycles. The molecule has 0 saturated heterocycles. The van der Waals surface area contributed by atoms with E-state index < -0.39 is 17.6 Å². The van der Waals surface area contributed by atoms with Gasteiger partial charge in [-0.05, 0) is 56.2 Å². The highest BCUT2D eigenvalue weighted by molar-refractivity contribution is 7.98. The Morgan fingerprint density at radius 1 is 1.15 bits per heavy atom. The summed E-state index contributed by atoms with van der Waals surface area (Å²) in [5.74, 6) is 0.782. The van der Waals surface area contributed by atoms with Crippen LogP contribution in [0.5, 0.6) is 0 Å². The molecule has 39 heavy (non-hydrogen) atoms. The summed E-state index contributed by atoms with van der Waals surface area (Å²) < 4.78 is 5.27. The number of carbonyl (C=O) groups is 2. The van der Waals surface area contributed by atoms with Crippen LogP contribution >= 0.6 is 11.8 Å². The van der Waals surface area contributed by atoms with Gasteiger partial charge in [-0.15, -0.1) is 11.8 Å². The smallest absolute Gasteiger partial charge is 0.407 e. The second-order valence-electron chi connectivity index (χ2n) is 10.5. The van der Waals surface area contributed by atoms with Gasteiger partial charge in [0.2, 0.25) is 5.91 Å². The number of nitrogens with zero attached hydrogens (tertiary/aromatic N) is 4. The quantitative estimate of drug-likeness (QED) is 0.350. The summed E-state index contributed by atoms with van der Waals surface area (Å²) in [6.45, 7) is 9.93. The Kier molecular flexibility index (Phi) is 11.6. The number of ether oxygens (including phenoxy) is 1. The Morgan fingerprint density at radius 3 is 2.31 bits per heavy atom. The van der Waals surface area contributed by atoms with Crippen LogP contribution in [-0.2, 0) is 28.2 Å². The van der Waals surface area contributed by atoms with Crippen LogP contribution < -0.4 is 16.0 Å². The van der Waals surface area contributed by atoms with Gasteiger partial charge in [0, 0.05) is 19.3 Å². The van der Waals surface area contributed by atoms with Crippen molar-refractivity contribution in [1.82, 2.24) is 10.3 Å². The molecule has 0 unspecified atom stereocenters. The predicted molar refractivity (Wildman–Crippen MR) is 153 cm³/mol. The monoisotopic (exact) mass is 550 g/mol. The molecule has 0 aliphatic rings. The summed E-state index contributed by atoms with van der Waals surface area (Å²) in [5.41, 5.74) is 8.14. The lowest BCUT2D eigenvalue weighted by Gasteiger charge is -2.22. The van der Waals surface area contributed by atoms with Crippen molar-refractivity contribution in [1.29, 1.82) is 10.5 Å². The van der Waals surface area contributed by atoms with E-state index in [1.165, 1.54) is 11.8 Å². The number of hydrogen-bond acceptors (Lipinski definition) is 8. The number of primary amides is 1. The van der Waals surface area contributed by atoms with Crippen molar-refractivity contribution >= 4 is 29.6 Å². The molecule has 0 bridgehead atoms. The van der Waals surface area contributed by atoms with E-state index in [4.69, 9.17) is 10.5 Å². The number of nitriles is 2. The van der Waals surface area contributed by atoms with E-state index in [0.29, 0.717) is 52.2 Å². The van der Waals surface area contributed by atoms with Crippen LogP contribution in [0.15, 0.2) is 29.3 Å². The molecule has 3 N–H and O–H groups in total. The Hall–Kier alpha value is -3.76. The molecule has 0 aliphatic heterocycles. The number of pyridine rings is 1. The zero-order chi connectivity index (χ0) is 29.2. The number of nitrogens with two attached hydrogens (primary N) is 1. The largest absolute Gasteiger partial charge is 0.444 e. The number of amides is 2. The Bertz CT molecular complexity index is 1240. The topological polar surface area (TPSA) is 145 Å². The summed E-state index contributed by atoms with van der Waals surface area (Å²) in [6.07, 6.45) is 1.91. The van der Waals surface area contributed by atoms with Crippen LogP contribution in [0.4, 0.5) is 10.6 Å². The van der Waals surface area contributed by atoms with Crippen molar-refractivity contribution in [2.24, 2.45) is 11.7 Å². The molecule has 2 aromatic rings. The molecule has 2 amide bonds. The van der Waals surface area contributed by atoms with Crippen molar-refractivity contribution in [3.05, 3.63) is 52.1 Å². The summed E-state index contributed by atoms with van der Waals surface area (Å²) in [4.78, 5) is 29.7. The Morgan fingerprint density at radius 2 is 1.77 bits per heavy atom. The summed E-state index contributed by atoms with van der Waals surface area (Å²) in [5, 5.41) is 23.3. The van der Waals surface area contributed by atoms with Gasteiger partial charge in [-0.3, -0.25) is 4.79 Å². The molecule has 10 heteroatoms. The highest BCUT2D eigenvalue weighted by Gasteiger charge is 2.23. The first-order valence-corrected chi connectivity index (χ1v) is 13.9. The van der Waals surface area contributed by atoms with Crippen molar-refractivity contribution in [2.45, 2.75) is 76.8 Å². The first-order valence-electron chi connectivity index (χ1n) is 12.9. The van der Waals surface area contributed by atoms with Crippen molar-refractivity contribution in [3.63, 3.8) is 0 Å². The lowest BCUT2D eigenvalue weighted by molar-refractivity contribution is -0.116. The van der Waals surface area contributed by atoms with Crippen molar-refractivity contribution in [2.75, 3.05) is 18.5 Å². The maximum absolute atomic E-state index is 11.9. The number of aromatic nitrogens is 1. The number of likely N-dealkylation sites (N-methyl/N-ethyl adjacent to an activating group) is 1. The minimum absolute atomic E-state index is 0.0959. The molecule has 0 aliphatic carbocycles. The van der Waals surface area contributed by atoms with Gasteiger partial charge < -0.3 is 20.7 Å². The minimum Gasteiger partial charge on any atom is -0.444 e. The van der Waals surface area contributed by atoms with Gasteiger partial charge >= 0.3 is 6.09 Å². The van der Waals surface area contributed by atoms with Crippen molar-refractivity contribution < 1.29 is 14.3 Å². The molecule has 208 valence electrons. The predicted octanol–water partition coefficient (Wildman–Crippen LogP) is 5.04. The number of benzene rings is 1. The second kappa shape index (κ2) is 14.4. The van der Waals surface area contributed by atoms with E-state index in [2.05, 4.69) is 36.3 Å². The number of rotatable bonds is 12. The minimum atomic E-state index is -0.560. The van der Waals surface area contributed by atoms with Gasteiger partial charge in [-0.2, -0.15) is 10.5 Å². The fourth-order valence-electron chi connectivity index (χ4n) is 3.76. The van der Waals surface area contributed by atoms with Gasteiger partial charge in [0.1, 0.15) is 28.6 Å². The van der Waals surface area contributed by atoms with E-state index in [1.54, 1.807) is 11.9 Å². The lowest BCUT2D eigenvalue weighted by atomic mass is 9.94. The van der Waals surface area contributed by atoms with Crippen LogP contribution in [0, 0.1) is 28.6 Å². The molecule has 1 heterocycles. The van der Waals surface area contributed by atoms with E-state index in [1.807, 2.05) is 45.0 Å². The van der Waals surface area contributed by atoms with E-state index >= 15 is 0 Å². The molecule has 1 aromatic carbocycles. The van der Waals surface area contributed by atoms with Gasteiger partial charge in [0.25, 0.3) is 0 Å². The maximum Gasteiger partial charge on any atom is 0.407 e. The molecular weight excluding hydrogens is 512 g/mol. The SMILES string of the molecule is CC[C@H](C)CCc1c(C#N)c(SCc2ccc(CNC(=O)OC(C)(C)C)cc2)nc(N(C)CC(N)=O)c1C#N. The third-order valence-corrected chi connectivity index (χ3v) is 7.09.